The second kappa shape index (κ2) is 4.76. The molecule has 0 aliphatic carbocycles. The van der Waals surface area contributed by atoms with E-state index >= 15 is 0 Å². The van der Waals surface area contributed by atoms with E-state index in [1.54, 1.807) is 17.6 Å². The number of hydrogen-bond donors (Lipinski definition) is 1. The second-order valence-electron chi connectivity index (χ2n) is 3.57. The van der Waals surface area contributed by atoms with Crippen LogP contribution in [0, 0.1) is 0 Å². The molecule has 0 amide bonds. The quantitative estimate of drug-likeness (QED) is 0.888. The van der Waals surface area contributed by atoms with Crippen molar-refractivity contribution in [1.29, 1.82) is 0 Å². The number of aromatic nitrogens is 2. The molecule has 4 nitrogen and oxygen atoms in total. The van der Waals surface area contributed by atoms with Gasteiger partial charge in [0.15, 0.2) is 5.01 Å². The Morgan fingerprint density at radius 1 is 1.44 bits per heavy atom. The fourth-order valence-electron chi connectivity index (χ4n) is 1.47. The first-order valence-corrected chi connectivity index (χ1v) is 6.23. The van der Waals surface area contributed by atoms with Gasteiger partial charge < -0.3 is 10.2 Å². The van der Waals surface area contributed by atoms with Crippen molar-refractivity contribution in [2.75, 3.05) is 0 Å². The largest absolute Gasteiger partial charge is 0.469 e. The van der Waals surface area contributed by atoms with Gasteiger partial charge in [0.25, 0.3) is 0 Å². The van der Waals surface area contributed by atoms with Gasteiger partial charge in [-0.1, -0.05) is 25.2 Å². The highest BCUT2D eigenvalue weighted by Gasteiger charge is 2.15. The molecule has 0 aromatic carbocycles. The first-order chi connectivity index (χ1) is 7.76. The van der Waals surface area contributed by atoms with Crippen LogP contribution in [-0.2, 0) is 6.42 Å². The third-order valence-corrected chi connectivity index (χ3v) is 3.58. The van der Waals surface area contributed by atoms with E-state index in [9.17, 15) is 0 Å². The van der Waals surface area contributed by atoms with Crippen molar-refractivity contribution in [2.24, 2.45) is 5.73 Å². The molecule has 0 saturated carbocycles. The number of rotatable bonds is 4. The first kappa shape index (κ1) is 11.3. The zero-order valence-corrected chi connectivity index (χ0v) is 10.3. The predicted molar refractivity (Wildman–Crippen MR) is 64.2 cm³/mol. The average molecular weight is 237 g/mol. The van der Waals surface area contributed by atoms with Crippen molar-refractivity contribution in [3.63, 3.8) is 0 Å². The lowest BCUT2D eigenvalue weighted by atomic mass is 10.2. The standard InChI is InChI=1S/C11H15N3OS/c1-3-8(12)11-14-13-10(16-11)7-5-6-15-9(7)4-2/h5-6,8H,3-4,12H2,1-2H3. The van der Waals surface area contributed by atoms with Crippen LogP contribution in [0.2, 0.25) is 0 Å². The second-order valence-corrected chi connectivity index (χ2v) is 4.58. The van der Waals surface area contributed by atoms with Crippen LogP contribution in [0.3, 0.4) is 0 Å². The van der Waals surface area contributed by atoms with Gasteiger partial charge in [-0.15, -0.1) is 10.2 Å². The Labute approximate surface area is 98.5 Å². The van der Waals surface area contributed by atoms with E-state index < -0.39 is 0 Å². The molecule has 0 aliphatic rings. The van der Waals surface area contributed by atoms with Crippen molar-refractivity contribution in [1.82, 2.24) is 10.2 Å². The van der Waals surface area contributed by atoms with E-state index in [1.165, 1.54) is 0 Å². The van der Waals surface area contributed by atoms with Gasteiger partial charge in [0.1, 0.15) is 10.8 Å². The number of nitrogens with zero attached hydrogens (tertiary/aromatic N) is 2. The topological polar surface area (TPSA) is 64.9 Å². The average Bonchev–Trinajstić information content (AvgIpc) is 2.95. The van der Waals surface area contributed by atoms with E-state index in [-0.39, 0.29) is 6.04 Å². The molecule has 0 spiro atoms. The summed E-state index contributed by atoms with van der Waals surface area (Å²) in [5.74, 6) is 0.952. The number of aryl methyl sites for hydroxylation is 1. The molecule has 2 aromatic heterocycles. The Bertz CT molecular complexity index is 463. The van der Waals surface area contributed by atoms with E-state index in [0.717, 1.165) is 34.2 Å². The number of hydrogen-bond acceptors (Lipinski definition) is 5. The van der Waals surface area contributed by atoms with Gasteiger partial charge in [-0.05, 0) is 12.5 Å². The fourth-order valence-corrected chi connectivity index (χ4v) is 2.44. The molecule has 2 N–H and O–H groups in total. The summed E-state index contributed by atoms with van der Waals surface area (Å²) in [4.78, 5) is 0. The van der Waals surface area contributed by atoms with E-state index in [2.05, 4.69) is 17.1 Å². The monoisotopic (exact) mass is 237 g/mol. The van der Waals surface area contributed by atoms with Gasteiger partial charge in [0, 0.05) is 6.42 Å². The van der Waals surface area contributed by atoms with Crippen LogP contribution in [0.1, 0.15) is 37.1 Å². The molecule has 0 saturated heterocycles. The molecule has 0 radical (unpaired) electrons. The number of furan rings is 1. The molecule has 86 valence electrons. The van der Waals surface area contributed by atoms with Gasteiger partial charge in [-0.25, -0.2) is 0 Å². The Hall–Kier alpha value is -1.20. The van der Waals surface area contributed by atoms with Crippen molar-refractivity contribution in [3.05, 3.63) is 23.1 Å². The third kappa shape index (κ3) is 2.01. The van der Waals surface area contributed by atoms with Crippen LogP contribution >= 0.6 is 11.3 Å². The van der Waals surface area contributed by atoms with Crippen LogP contribution in [0.15, 0.2) is 16.7 Å². The molecule has 0 bridgehead atoms. The molecule has 2 rings (SSSR count). The summed E-state index contributed by atoms with van der Waals surface area (Å²) in [5, 5.41) is 10.1. The lowest BCUT2D eigenvalue weighted by Gasteiger charge is -2.00. The van der Waals surface area contributed by atoms with E-state index in [4.69, 9.17) is 10.2 Å². The highest BCUT2D eigenvalue weighted by Crippen LogP contribution is 2.30. The maximum atomic E-state index is 5.92. The smallest absolute Gasteiger partial charge is 0.151 e. The molecule has 1 unspecified atom stereocenters. The molecule has 2 heterocycles. The van der Waals surface area contributed by atoms with Crippen LogP contribution in [0.5, 0.6) is 0 Å². The molecular formula is C11H15N3OS. The van der Waals surface area contributed by atoms with Gasteiger partial charge in [-0.2, -0.15) is 0 Å². The summed E-state index contributed by atoms with van der Waals surface area (Å²) in [5.41, 5.74) is 6.95. The summed E-state index contributed by atoms with van der Waals surface area (Å²) in [7, 11) is 0. The minimum atomic E-state index is -0.0109. The van der Waals surface area contributed by atoms with Crippen molar-refractivity contribution in [3.8, 4) is 10.6 Å². The molecule has 5 heteroatoms. The zero-order chi connectivity index (χ0) is 11.5. The van der Waals surface area contributed by atoms with Crippen molar-refractivity contribution >= 4 is 11.3 Å². The van der Waals surface area contributed by atoms with Gasteiger partial charge in [0.05, 0.1) is 17.9 Å². The summed E-state index contributed by atoms with van der Waals surface area (Å²) in [6, 6.07) is 1.92. The normalized spacial score (nSPS) is 12.9. The van der Waals surface area contributed by atoms with E-state index in [1.807, 2.05) is 13.0 Å². The Morgan fingerprint density at radius 3 is 2.94 bits per heavy atom. The minimum Gasteiger partial charge on any atom is -0.469 e. The first-order valence-electron chi connectivity index (χ1n) is 5.42. The summed E-state index contributed by atoms with van der Waals surface area (Å²) in [6.07, 6.45) is 3.42. The molecule has 0 fully saturated rings. The number of nitrogens with two attached hydrogens (primary N) is 1. The Morgan fingerprint density at radius 2 is 2.25 bits per heavy atom. The molecular weight excluding hydrogens is 222 g/mol. The summed E-state index contributed by atoms with van der Waals surface area (Å²) >= 11 is 1.55. The van der Waals surface area contributed by atoms with Crippen LogP contribution in [-0.4, -0.2) is 10.2 Å². The minimum absolute atomic E-state index is 0.0109. The SMILES string of the molecule is CCc1occc1-c1nnc(C(N)CC)s1. The summed E-state index contributed by atoms with van der Waals surface area (Å²) < 4.78 is 5.37. The van der Waals surface area contributed by atoms with Crippen LogP contribution in [0.4, 0.5) is 0 Å². The molecule has 2 aromatic rings. The molecule has 0 aliphatic heterocycles. The maximum absolute atomic E-state index is 5.92. The lowest BCUT2D eigenvalue weighted by molar-refractivity contribution is 0.517. The van der Waals surface area contributed by atoms with Gasteiger partial charge >= 0.3 is 0 Å². The lowest BCUT2D eigenvalue weighted by Crippen LogP contribution is -2.07. The van der Waals surface area contributed by atoms with Crippen LogP contribution < -0.4 is 5.73 Å². The highest BCUT2D eigenvalue weighted by molar-refractivity contribution is 7.14. The summed E-state index contributed by atoms with van der Waals surface area (Å²) in [6.45, 7) is 4.10. The fraction of sp³-hybridized carbons (Fsp3) is 0.455. The van der Waals surface area contributed by atoms with Crippen molar-refractivity contribution < 1.29 is 4.42 Å². The molecule has 16 heavy (non-hydrogen) atoms. The third-order valence-electron chi connectivity index (χ3n) is 2.49. The molecule has 1 atom stereocenters. The predicted octanol–water partition coefficient (Wildman–Crippen LogP) is 2.77. The Balaban J connectivity index is 2.31. The van der Waals surface area contributed by atoms with Gasteiger partial charge in [-0.3, -0.25) is 0 Å². The van der Waals surface area contributed by atoms with Crippen LogP contribution in [0.25, 0.3) is 10.6 Å². The zero-order valence-electron chi connectivity index (χ0n) is 9.43. The van der Waals surface area contributed by atoms with E-state index in [0.29, 0.717) is 0 Å². The Kier molecular flexibility index (Phi) is 3.36. The highest BCUT2D eigenvalue weighted by atomic mass is 32.1. The maximum Gasteiger partial charge on any atom is 0.151 e. The van der Waals surface area contributed by atoms with Crippen molar-refractivity contribution in [2.45, 2.75) is 32.7 Å². The van der Waals surface area contributed by atoms with Gasteiger partial charge in [0.2, 0.25) is 0 Å².